The molecule has 0 aliphatic rings. The molecule has 15 heavy (non-hydrogen) atoms. The lowest BCUT2D eigenvalue weighted by molar-refractivity contribution is -0.142. The van der Waals surface area contributed by atoms with Gasteiger partial charge in [0.2, 0.25) is 0 Å². The summed E-state index contributed by atoms with van der Waals surface area (Å²) in [6.07, 6.45) is 0.793. The van der Waals surface area contributed by atoms with Crippen molar-refractivity contribution in [2.45, 2.75) is 19.8 Å². The van der Waals surface area contributed by atoms with Gasteiger partial charge in [-0.3, -0.25) is 4.79 Å². The average molecular weight is 208 g/mol. The van der Waals surface area contributed by atoms with Crippen LogP contribution < -0.4 is 0 Å². The molecule has 1 unspecified atom stereocenters. The van der Waals surface area contributed by atoms with Crippen molar-refractivity contribution in [1.82, 2.24) is 0 Å². The molecule has 0 aromatic heterocycles. The molecule has 0 saturated heterocycles. The molecule has 3 nitrogen and oxygen atoms in total. The molecular formula is C12H16O3. The topological polar surface area (TPSA) is 57.5 Å². The number of carboxylic acids is 1. The first-order valence-electron chi connectivity index (χ1n) is 5.02. The van der Waals surface area contributed by atoms with E-state index < -0.39 is 11.9 Å². The number of aliphatic hydroxyl groups excluding tert-OH is 1. The zero-order chi connectivity index (χ0) is 11.3. The Bertz CT molecular complexity index is 333. The molecule has 1 rings (SSSR count). The summed E-state index contributed by atoms with van der Waals surface area (Å²) in [5, 5.41) is 17.7. The van der Waals surface area contributed by atoms with Crippen LogP contribution in [0.2, 0.25) is 0 Å². The van der Waals surface area contributed by atoms with Crippen molar-refractivity contribution in [3.05, 3.63) is 35.4 Å². The van der Waals surface area contributed by atoms with Gasteiger partial charge < -0.3 is 10.2 Å². The van der Waals surface area contributed by atoms with Crippen LogP contribution in [0.1, 0.15) is 17.5 Å². The molecule has 0 bridgehead atoms. The van der Waals surface area contributed by atoms with Crippen molar-refractivity contribution in [1.29, 1.82) is 0 Å². The number of hydrogen-bond donors (Lipinski definition) is 2. The largest absolute Gasteiger partial charge is 0.481 e. The van der Waals surface area contributed by atoms with Gasteiger partial charge in [0.05, 0.1) is 5.92 Å². The van der Waals surface area contributed by atoms with Crippen LogP contribution in [0.25, 0.3) is 0 Å². The van der Waals surface area contributed by atoms with Gasteiger partial charge in [-0.15, -0.1) is 0 Å². The second-order valence-corrected chi connectivity index (χ2v) is 3.74. The quantitative estimate of drug-likeness (QED) is 0.773. The van der Waals surface area contributed by atoms with Gasteiger partial charge in [-0.25, -0.2) is 0 Å². The highest BCUT2D eigenvalue weighted by atomic mass is 16.4. The standard InChI is InChI=1S/C12H16O3/c1-9-3-2-4-10(7-9)8-11(5-6-13)12(14)15/h2-4,7,11,13H,5-6,8H2,1H3,(H,14,15). The Balaban J connectivity index is 2.69. The first-order chi connectivity index (χ1) is 7.13. The average Bonchev–Trinajstić information content (AvgIpc) is 2.17. The van der Waals surface area contributed by atoms with E-state index in [9.17, 15) is 4.79 Å². The fourth-order valence-corrected chi connectivity index (χ4v) is 1.59. The van der Waals surface area contributed by atoms with Crippen molar-refractivity contribution in [3.63, 3.8) is 0 Å². The van der Waals surface area contributed by atoms with E-state index in [0.29, 0.717) is 12.8 Å². The molecule has 0 fully saturated rings. The third kappa shape index (κ3) is 3.72. The number of rotatable bonds is 5. The number of carboxylic acid groups (broad SMARTS) is 1. The number of benzene rings is 1. The first kappa shape index (κ1) is 11.7. The van der Waals surface area contributed by atoms with Gasteiger partial charge in [-0.05, 0) is 25.3 Å². The molecule has 0 saturated carbocycles. The third-order valence-corrected chi connectivity index (χ3v) is 2.39. The summed E-state index contributed by atoms with van der Waals surface area (Å²) in [6, 6.07) is 7.79. The van der Waals surface area contributed by atoms with Gasteiger partial charge in [0.25, 0.3) is 0 Å². The fourth-order valence-electron chi connectivity index (χ4n) is 1.59. The van der Waals surface area contributed by atoms with Crippen molar-refractivity contribution in [2.24, 2.45) is 5.92 Å². The summed E-state index contributed by atoms with van der Waals surface area (Å²) in [7, 11) is 0. The minimum absolute atomic E-state index is 0.0806. The Labute approximate surface area is 89.4 Å². The van der Waals surface area contributed by atoms with E-state index in [1.165, 1.54) is 0 Å². The predicted octanol–water partition coefficient (Wildman–Crippen LogP) is 1.62. The summed E-state index contributed by atoms with van der Waals surface area (Å²) in [6.45, 7) is 1.90. The Morgan fingerprint density at radius 1 is 1.47 bits per heavy atom. The summed E-state index contributed by atoms with van der Waals surface area (Å²) in [5.74, 6) is -1.33. The number of carbonyl (C=O) groups is 1. The molecule has 2 N–H and O–H groups in total. The number of aryl methyl sites for hydroxylation is 1. The summed E-state index contributed by atoms with van der Waals surface area (Å²) < 4.78 is 0. The van der Waals surface area contributed by atoms with Crippen LogP contribution in [0.3, 0.4) is 0 Å². The molecule has 1 aromatic rings. The molecule has 0 heterocycles. The van der Waals surface area contributed by atoms with Crippen molar-refractivity contribution in [2.75, 3.05) is 6.61 Å². The highest BCUT2D eigenvalue weighted by molar-refractivity contribution is 5.70. The van der Waals surface area contributed by atoms with Crippen LogP contribution >= 0.6 is 0 Å². The number of aliphatic hydroxyl groups is 1. The lowest BCUT2D eigenvalue weighted by Gasteiger charge is -2.10. The molecule has 3 heteroatoms. The predicted molar refractivity (Wildman–Crippen MR) is 57.7 cm³/mol. The molecule has 0 spiro atoms. The minimum atomic E-state index is -0.842. The molecule has 1 atom stereocenters. The van der Waals surface area contributed by atoms with Gasteiger partial charge in [0.1, 0.15) is 0 Å². The maximum Gasteiger partial charge on any atom is 0.306 e. The Morgan fingerprint density at radius 2 is 2.20 bits per heavy atom. The van der Waals surface area contributed by atoms with Crippen LogP contribution in [0, 0.1) is 12.8 Å². The van der Waals surface area contributed by atoms with E-state index in [1.807, 2.05) is 31.2 Å². The summed E-state index contributed by atoms with van der Waals surface area (Å²) >= 11 is 0. The van der Waals surface area contributed by atoms with Crippen molar-refractivity contribution < 1.29 is 15.0 Å². The van der Waals surface area contributed by atoms with Crippen LogP contribution in [0.15, 0.2) is 24.3 Å². The minimum Gasteiger partial charge on any atom is -0.481 e. The van der Waals surface area contributed by atoms with Gasteiger partial charge in [-0.1, -0.05) is 29.8 Å². The highest BCUT2D eigenvalue weighted by Gasteiger charge is 2.16. The maximum atomic E-state index is 10.9. The zero-order valence-electron chi connectivity index (χ0n) is 8.81. The Hall–Kier alpha value is -1.35. The Kier molecular flexibility index (Phi) is 4.31. The lowest BCUT2D eigenvalue weighted by atomic mass is 9.96. The van der Waals surface area contributed by atoms with Crippen molar-refractivity contribution in [3.8, 4) is 0 Å². The number of aliphatic carboxylic acids is 1. The van der Waals surface area contributed by atoms with Gasteiger partial charge in [0.15, 0.2) is 0 Å². The third-order valence-electron chi connectivity index (χ3n) is 2.39. The van der Waals surface area contributed by atoms with E-state index in [0.717, 1.165) is 11.1 Å². The molecule has 82 valence electrons. The monoisotopic (exact) mass is 208 g/mol. The van der Waals surface area contributed by atoms with E-state index in [4.69, 9.17) is 10.2 Å². The summed E-state index contributed by atoms with van der Waals surface area (Å²) in [5.41, 5.74) is 2.14. The summed E-state index contributed by atoms with van der Waals surface area (Å²) in [4.78, 5) is 10.9. The van der Waals surface area contributed by atoms with Gasteiger partial charge in [0, 0.05) is 6.61 Å². The zero-order valence-corrected chi connectivity index (χ0v) is 8.81. The molecule has 1 aromatic carbocycles. The first-order valence-corrected chi connectivity index (χ1v) is 5.02. The highest BCUT2D eigenvalue weighted by Crippen LogP contribution is 2.13. The maximum absolute atomic E-state index is 10.9. The number of hydrogen-bond acceptors (Lipinski definition) is 2. The second-order valence-electron chi connectivity index (χ2n) is 3.74. The molecule has 0 radical (unpaired) electrons. The van der Waals surface area contributed by atoms with E-state index in [2.05, 4.69) is 0 Å². The van der Waals surface area contributed by atoms with Crippen LogP contribution in [-0.4, -0.2) is 22.8 Å². The molecular weight excluding hydrogens is 192 g/mol. The van der Waals surface area contributed by atoms with Crippen LogP contribution in [0.5, 0.6) is 0 Å². The Morgan fingerprint density at radius 3 is 2.73 bits per heavy atom. The van der Waals surface area contributed by atoms with Gasteiger partial charge >= 0.3 is 5.97 Å². The van der Waals surface area contributed by atoms with Gasteiger partial charge in [-0.2, -0.15) is 0 Å². The van der Waals surface area contributed by atoms with Crippen molar-refractivity contribution >= 4 is 5.97 Å². The van der Waals surface area contributed by atoms with E-state index >= 15 is 0 Å². The smallest absolute Gasteiger partial charge is 0.306 e. The molecule has 0 aliphatic carbocycles. The lowest BCUT2D eigenvalue weighted by Crippen LogP contribution is -2.17. The van der Waals surface area contributed by atoms with E-state index in [-0.39, 0.29) is 6.61 Å². The molecule has 0 amide bonds. The van der Waals surface area contributed by atoms with Crippen LogP contribution in [0.4, 0.5) is 0 Å². The van der Waals surface area contributed by atoms with E-state index in [1.54, 1.807) is 0 Å². The molecule has 0 aliphatic heterocycles. The fraction of sp³-hybridized carbons (Fsp3) is 0.417. The SMILES string of the molecule is Cc1cccc(CC(CCO)C(=O)O)c1. The van der Waals surface area contributed by atoms with Crippen LogP contribution in [-0.2, 0) is 11.2 Å². The second kappa shape index (κ2) is 5.51. The normalized spacial score (nSPS) is 12.4.